The van der Waals surface area contributed by atoms with E-state index in [1.54, 1.807) is 0 Å². The molecular weight excluding hydrogens is 250 g/mol. The third-order valence-corrected chi connectivity index (χ3v) is 3.22. The van der Waals surface area contributed by atoms with Crippen LogP contribution < -0.4 is 15.8 Å². The maximum Gasteiger partial charge on any atom is 0.144 e. The van der Waals surface area contributed by atoms with Crippen molar-refractivity contribution in [2.75, 3.05) is 30.7 Å². The number of nitrogens with zero attached hydrogens (tertiary/aromatic N) is 1. The summed E-state index contributed by atoms with van der Waals surface area (Å²) >= 11 is 0. The Hall–Kier alpha value is -1.42. The molecule has 0 radical (unpaired) electrons. The van der Waals surface area contributed by atoms with Gasteiger partial charge < -0.3 is 20.7 Å². The van der Waals surface area contributed by atoms with Crippen molar-refractivity contribution in [2.45, 2.75) is 46.8 Å². The number of hydrogen-bond acceptors (Lipinski definition) is 4. The molecule has 0 spiro atoms. The molecule has 0 saturated heterocycles. The third-order valence-electron chi connectivity index (χ3n) is 3.22. The molecule has 0 aliphatic heterocycles. The SMILES string of the molecule is CCN(CC)CC(C)Nc1ccc(N)c(OC(C)C)c1. The highest BCUT2D eigenvalue weighted by molar-refractivity contribution is 5.61. The number of hydrogen-bond donors (Lipinski definition) is 2. The first kappa shape index (κ1) is 16.6. The summed E-state index contributed by atoms with van der Waals surface area (Å²) in [4.78, 5) is 2.40. The van der Waals surface area contributed by atoms with Crippen LogP contribution >= 0.6 is 0 Å². The maximum absolute atomic E-state index is 5.93. The second-order valence-corrected chi connectivity index (χ2v) is 5.45. The molecule has 1 unspecified atom stereocenters. The highest BCUT2D eigenvalue weighted by atomic mass is 16.5. The highest BCUT2D eigenvalue weighted by Crippen LogP contribution is 2.26. The van der Waals surface area contributed by atoms with Gasteiger partial charge in [-0.2, -0.15) is 0 Å². The molecule has 0 amide bonds. The normalized spacial score (nSPS) is 12.8. The molecule has 1 aromatic rings. The maximum atomic E-state index is 5.93. The Labute approximate surface area is 123 Å². The van der Waals surface area contributed by atoms with Crippen molar-refractivity contribution in [1.29, 1.82) is 0 Å². The fourth-order valence-electron chi connectivity index (χ4n) is 2.18. The lowest BCUT2D eigenvalue weighted by Gasteiger charge is -2.24. The standard InChI is InChI=1S/C16H29N3O/c1-6-19(7-2)11-13(5)18-14-8-9-15(17)16(10-14)20-12(3)4/h8-10,12-13,18H,6-7,11,17H2,1-5H3. The predicted molar refractivity (Wildman–Crippen MR) is 87.5 cm³/mol. The molecule has 4 nitrogen and oxygen atoms in total. The fourth-order valence-corrected chi connectivity index (χ4v) is 2.18. The molecule has 0 aromatic heterocycles. The third kappa shape index (κ3) is 5.29. The number of ether oxygens (including phenoxy) is 1. The fraction of sp³-hybridized carbons (Fsp3) is 0.625. The zero-order chi connectivity index (χ0) is 15.1. The van der Waals surface area contributed by atoms with Crippen LogP contribution in [0.3, 0.4) is 0 Å². The molecule has 1 rings (SSSR count). The van der Waals surface area contributed by atoms with Crippen LogP contribution in [0.1, 0.15) is 34.6 Å². The van der Waals surface area contributed by atoms with Crippen molar-refractivity contribution in [3.63, 3.8) is 0 Å². The van der Waals surface area contributed by atoms with Gasteiger partial charge in [0.1, 0.15) is 5.75 Å². The van der Waals surface area contributed by atoms with Crippen LogP contribution in [0.15, 0.2) is 18.2 Å². The van der Waals surface area contributed by atoms with Crippen molar-refractivity contribution < 1.29 is 4.74 Å². The Kier molecular flexibility index (Phi) is 6.65. The predicted octanol–water partition coefficient (Wildman–Crippen LogP) is 3.20. The van der Waals surface area contributed by atoms with Gasteiger partial charge in [-0.15, -0.1) is 0 Å². The summed E-state index contributed by atoms with van der Waals surface area (Å²) in [6.45, 7) is 13.8. The Morgan fingerprint density at radius 1 is 1.20 bits per heavy atom. The van der Waals surface area contributed by atoms with Crippen LogP contribution in [0.5, 0.6) is 5.75 Å². The van der Waals surface area contributed by atoms with Gasteiger partial charge in [0.05, 0.1) is 11.8 Å². The summed E-state index contributed by atoms with van der Waals surface area (Å²) in [5.41, 5.74) is 7.66. The van der Waals surface area contributed by atoms with Gasteiger partial charge in [0.15, 0.2) is 0 Å². The number of anilines is 2. The first-order valence-corrected chi connectivity index (χ1v) is 7.51. The van der Waals surface area contributed by atoms with Crippen molar-refractivity contribution in [3.8, 4) is 5.75 Å². The quantitative estimate of drug-likeness (QED) is 0.718. The molecule has 0 fully saturated rings. The van der Waals surface area contributed by atoms with Crippen LogP contribution in [-0.4, -0.2) is 36.7 Å². The summed E-state index contributed by atoms with van der Waals surface area (Å²) in [6, 6.07) is 6.25. The Balaban J connectivity index is 2.67. The largest absolute Gasteiger partial charge is 0.489 e. The first-order valence-electron chi connectivity index (χ1n) is 7.51. The number of likely N-dealkylation sites (N-methyl/N-ethyl adjacent to an activating group) is 1. The van der Waals surface area contributed by atoms with Gasteiger partial charge >= 0.3 is 0 Å². The molecule has 0 aliphatic rings. The number of nitrogen functional groups attached to an aromatic ring is 1. The summed E-state index contributed by atoms with van der Waals surface area (Å²) in [5, 5.41) is 3.50. The summed E-state index contributed by atoms with van der Waals surface area (Å²) in [5.74, 6) is 0.750. The number of nitrogens with two attached hydrogens (primary N) is 1. The van der Waals surface area contributed by atoms with E-state index in [9.17, 15) is 0 Å². The van der Waals surface area contributed by atoms with Crippen LogP contribution in [0.2, 0.25) is 0 Å². The smallest absolute Gasteiger partial charge is 0.144 e. The Morgan fingerprint density at radius 3 is 2.40 bits per heavy atom. The van der Waals surface area contributed by atoms with E-state index in [-0.39, 0.29) is 6.10 Å². The average Bonchev–Trinajstić information content (AvgIpc) is 2.39. The number of nitrogens with one attached hydrogen (secondary N) is 1. The van der Waals surface area contributed by atoms with E-state index in [4.69, 9.17) is 10.5 Å². The zero-order valence-corrected chi connectivity index (χ0v) is 13.4. The average molecular weight is 279 g/mol. The number of benzene rings is 1. The highest BCUT2D eigenvalue weighted by Gasteiger charge is 2.09. The van der Waals surface area contributed by atoms with Crippen LogP contribution in [-0.2, 0) is 0 Å². The lowest BCUT2D eigenvalue weighted by molar-refractivity contribution is 0.244. The molecule has 0 aliphatic carbocycles. The second-order valence-electron chi connectivity index (χ2n) is 5.45. The minimum Gasteiger partial charge on any atom is -0.489 e. The summed E-state index contributed by atoms with van der Waals surface area (Å²) in [7, 11) is 0. The lowest BCUT2D eigenvalue weighted by atomic mass is 10.2. The molecule has 114 valence electrons. The van der Waals surface area contributed by atoms with Gasteiger partial charge in [0, 0.05) is 24.3 Å². The second kappa shape index (κ2) is 8.00. The Morgan fingerprint density at radius 2 is 1.85 bits per heavy atom. The van der Waals surface area contributed by atoms with Gasteiger partial charge in [-0.05, 0) is 46.0 Å². The van der Waals surface area contributed by atoms with Gasteiger partial charge in [-0.3, -0.25) is 0 Å². The van der Waals surface area contributed by atoms with E-state index >= 15 is 0 Å². The van der Waals surface area contributed by atoms with Gasteiger partial charge in [0.25, 0.3) is 0 Å². The van der Waals surface area contributed by atoms with E-state index < -0.39 is 0 Å². The first-order chi connectivity index (χ1) is 9.46. The summed E-state index contributed by atoms with van der Waals surface area (Å²) < 4.78 is 5.72. The van der Waals surface area contributed by atoms with E-state index in [1.165, 1.54) is 0 Å². The van der Waals surface area contributed by atoms with Crippen molar-refractivity contribution in [3.05, 3.63) is 18.2 Å². The van der Waals surface area contributed by atoms with Crippen molar-refractivity contribution in [1.82, 2.24) is 4.90 Å². The molecule has 1 atom stereocenters. The molecule has 0 saturated carbocycles. The van der Waals surface area contributed by atoms with Gasteiger partial charge in [0.2, 0.25) is 0 Å². The Bertz CT molecular complexity index is 403. The van der Waals surface area contributed by atoms with E-state index in [1.807, 2.05) is 32.0 Å². The minimum absolute atomic E-state index is 0.126. The van der Waals surface area contributed by atoms with Gasteiger partial charge in [-0.1, -0.05) is 13.8 Å². The van der Waals surface area contributed by atoms with E-state index in [0.717, 1.165) is 31.1 Å². The lowest BCUT2D eigenvalue weighted by Crippen LogP contribution is -2.34. The van der Waals surface area contributed by atoms with Crippen LogP contribution in [0.4, 0.5) is 11.4 Å². The monoisotopic (exact) mass is 279 g/mol. The molecule has 3 N–H and O–H groups in total. The molecule has 1 aromatic carbocycles. The minimum atomic E-state index is 0.126. The van der Waals surface area contributed by atoms with Crippen molar-refractivity contribution >= 4 is 11.4 Å². The molecule has 20 heavy (non-hydrogen) atoms. The zero-order valence-electron chi connectivity index (χ0n) is 13.4. The molecule has 0 bridgehead atoms. The molecule has 0 heterocycles. The topological polar surface area (TPSA) is 50.5 Å². The number of rotatable bonds is 8. The summed E-state index contributed by atoms with van der Waals surface area (Å²) in [6.07, 6.45) is 0.126. The molecule has 4 heteroatoms. The van der Waals surface area contributed by atoms with Crippen molar-refractivity contribution in [2.24, 2.45) is 0 Å². The molecular formula is C16H29N3O. The van der Waals surface area contributed by atoms with Crippen LogP contribution in [0, 0.1) is 0 Å². The van der Waals surface area contributed by atoms with Crippen LogP contribution in [0.25, 0.3) is 0 Å². The van der Waals surface area contributed by atoms with Gasteiger partial charge in [-0.25, -0.2) is 0 Å². The van der Waals surface area contributed by atoms with E-state index in [2.05, 4.69) is 31.0 Å². The van der Waals surface area contributed by atoms with E-state index in [0.29, 0.717) is 11.7 Å².